The largest absolute Gasteiger partial charge is 0.493 e. The van der Waals surface area contributed by atoms with Gasteiger partial charge in [-0.1, -0.05) is 13.3 Å². The Morgan fingerprint density at radius 3 is 2.61 bits per heavy atom. The second-order valence-electron chi connectivity index (χ2n) is 8.29. The molecule has 2 aliphatic rings. The number of amides is 3. The second-order valence-corrected chi connectivity index (χ2v) is 10.5. The molecular weight excluding hydrogens is 443 g/mol. The van der Waals surface area contributed by atoms with Crippen molar-refractivity contribution in [3.8, 4) is 5.75 Å². The lowest BCUT2D eigenvalue weighted by atomic mass is 10.0. The fraction of sp³-hybridized carbons (Fsp3) is 0.619. The number of carbonyl (C=O) groups is 2. The van der Waals surface area contributed by atoms with Crippen LogP contribution >= 0.6 is 13.5 Å². The van der Waals surface area contributed by atoms with Gasteiger partial charge < -0.3 is 9.64 Å². The molecule has 174 valence electrons. The first kappa shape index (κ1) is 25.5. The average Bonchev–Trinajstić information content (AvgIpc) is 3.44. The number of imide groups is 1. The molecule has 1 aromatic carbocycles. The summed E-state index contributed by atoms with van der Waals surface area (Å²) in [6, 6.07) is 4.13. The fourth-order valence-corrected chi connectivity index (χ4v) is 5.26. The van der Waals surface area contributed by atoms with E-state index in [2.05, 4.69) is 5.32 Å². The van der Waals surface area contributed by atoms with Crippen LogP contribution in [0.15, 0.2) is 18.2 Å². The van der Waals surface area contributed by atoms with Gasteiger partial charge in [0.1, 0.15) is 18.1 Å². The number of nitrogens with zero attached hydrogens (tertiary/aromatic N) is 1. The Hall–Kier alpha value is -1.81. The van der Waals surface area contributed by atoms with Crippen molar-refractivity contribution in [3.63, 3.8) is 0 Å². The van der Waals surface area contributed by atoms with Gasteiger partial charge in [-0.3, -0.25) is 10.1 Å². The first-order valence-electron chi connectivity index (χ1n) is 10.4. The number of benzene rings is 1. The third-order valence-electron chi connectivity index (χ3n) is 5.44. The van der Waals surface area contributed by atoms with E-state index in [0.717, 1.165) is 12.8 Å². The Kier molecular flexibility index (Phi) is 9.17. The fourth-order valence-electron chi connectivity index (χ4n) is 3.51. The second kappa shape index (κ2) is 11.2. The summed E-state index contributed by atoms with van der Waals surface area (Å²) in [5, 5.41) is 2.21. The van der Waals surface area contributed by atoms with Crippen LogP contribution in [0, 0.1) is 11.7 Å². The van der Waals surface area contributed by atoms with Crippen LogP contribution in [-0.2, 0) is 14.6 Å². The minimum atomic E-state index is -3.35. The first-order valence-corrected chi connectivity index (χ1v) is 12.3. The van der Waals surface area contributed by atoms with Crippen molar-refractivity contribution in [1.82, 2.24) is 10.2 Å². The summed E-state index contributed by atoms with van der Waals surface area (Å²) >= 11 is 0. The number of hydrogen-bond acceptors (Lipinski definition) is 5. The lowest BCUT2D eigenvalue weighted by molar-refractivity contribution is -0.118. The number of carbonyl (C=O) groups excluding carboxylic acids is 2. The maximum absolute atomic E-state index is 14.3. The maximum Gasteiger partial charge on any atom is 0.324 e. The number of ether oxygens (including phenoxy) is 1. The number of rotatable bonds is 12. The number of urea groups is 1. The summed E-state index contributed by atoms with van der Waals surface area (Å²) in [6.45, 7) is 2.81. The Morgan fingerprint density at radius 1 is 1.23 bits per heavy atom. The predicted molar refractivity (Wildman–Crippen MR) is 121 cm³/mol. The zero-order valence-electron chi connectivity index (χ0n) is 17.7. The Bertz CT molecular complexity index is 890. The molecule has 1 aromatic rings. The van der Waals surface area contributed by atoms with Crippen molar-refractivity contribution in [2.45, 2.75) is 44.9 Å². The van der Waals surface area contributed by atoms with Crippen molar-refractivity contribution in [3.05, 3.63) is 29.6 Å². The van der Waals surface area contributed by atoms with Crippen LogP contribution < -0.4 is 10.1 Å². The first-order chi connectivity index (χ1) is 14.2. The Labute approximate surface area is 190 Å². The van der Waals surface area contributed by atoms with Crippen molar-refractivity contribution in [2.75, 3.05) is 31.2 Å². The van der Waals surface area contributed by atoms with Crippen molar-refractivity contribution in [1.29, 1.82) is 0 Å². The number of sulfone groups is 1. The van der Waals surface area contributed by atoms with Crippen molar-refractivity contribution < 1.29 is 27.1 Å². The van der Waals surface area contributed by atoms with Gasteiger partial charge in [0, 0.05) is 6.54 Å². The molecule has 1 atom stereocenters. The summed E-state index contributed by atoms with van der Waals surface area (Å²) in [5.74, 6) is -0.163. The molecule has 0 unspecified atom stereocenters. The van der Waals surface area contributed by atoms with Crippen LogP contribution in [0.2, 0.25) is 0 Å². The van der Waals surface area contributed by atoms with E-state index in [0.29, 0.717) is 49.6 Å². The van der Waals surface area contributed by atoms with Gasteiger partial charge in [0.05, 0.1) is 18.1 Å². The molecule has 3 rings (SSSR count). The van der Waals surface area contributed by atoms with Gasteiger partial charge in [-0.25, -0.2) is 17.6 Å². The molecule has 0 spiro atoms. The van der Waals surface area contributed by atoms with Crippen molar-refractivity contribution >= 4 is 35.3 Å². The monoisotopic (exact) mass is 474 g/mol. The predicted octanol–water partition coefficient (Wildman–Crippen LogP) is 2.97. The van der Waals surface area contributed by atoms with Crippen LogP contribution in [0.4, 0.5) is 9.18 Å². The van der Waals surface area contributed by atoms with Crippen LogP contribution in [0.1, 0.15) is 50.5 Å². The molecule has 1 saturated carbocycles. The van der Waals surface area contributed by atoms with E-state index in [4.69, 9.17) is 4.74 Å². The molecule has 0 aromatic heterocycles. The highest BCUT2D eigenvalue weighted by Crippen LogP contribution is 2.31. The standard InChI is InChI=1S/C21H29FN2O5S.H2S/c1-15(18-11-17(7-8-19(18)22)29-13-16-5-6-16)14-30(27,28)10-4-2-3-9-24-12-20(25)23-21(24)26;/h7-8,11,15-16H,2-6,9-10,12-14H2,1H3,(H,23,25,26);1H2/t15-;/m1./s1. The van der Waals surface area contributed by atoms with Gasteiger partial charge in [-0.2, -0.15) is 13.5 Å². The zero-order valence-corrected chi connectivity index (χ0v) is 19.5. The highest BCUT2D eigenvalue weighted by molar-refractivity contribution is 7.91. The van der Waals surface area contributed by atoms with E-state index in [1.165, 1.54) is 11.0 Å². The highest BCUT2D eigenvalue weighted by atomic mass is 32.2. The van der Waals surface area contributed by atoms with Gasteiger partial charge in [0.25, 0.3) is 0 Å². The van der Waals surface area contributed by atoms with Crippen LogP contribution in [0.3, 0.4) is 0 Å². The summed E-state index contributed by atoms with van der Waals surface area (Å²) in [5.41, 5.74) is 0.358. The van der Waals surface area contributed by atoms with Crippen molar-refractivity contribution in [2.24, 2.45) is 5.92 Å². The Morgan fingerprint density at radius 2 is 1.97 bits per heavy atom. The summed E-state index contributed by atoms with van der Waals surface area (Å²) < 4.78 is 44.9. The van der Waals surface area contributed by atoms with E-state index in [1.807, 2.05) is 0 Å². The molecule has 1 N–H and O–H groups in total. The zero-order chi connectivity index (χ0) is 21.7. The maximum atomic E-state index is 14.3. The van der Waals surface area contributed by atoms with E-state index >= 15 is 0 Å². The van der Waals surface area contributed by atoms with Gasteiger partial charge >= 0.3 is 6.03 Å². The molecule has 1 heterocycles. The van der Waals surface area contributed by atoms with Crippen LogP contribution in [0.25, 0.3) is 0 Å². The van der Waals surface area contributed by atoms with Crippen LogP contribution in [-0.4, -0.2) is 56.5 Å². The quantitative estimate of drug-likeness (QED) is 0.371. The van der Waals surface area contributed by atoms with E-state index in [-0.39, 0.29) is 37.5 Å². The third-order valence-corrected chi connectivity index (χ3v) is 7.35. The lowest BCUT2D eigenvalue weighted by Gasteiger charge is -2.15. The molecule has 2 fully saturated rings. The highest BCUT2D eigenvalue weighted by Gasteiger charge is 2.26. The SMILES string of the molecule is C[C@H](CS(=O)(=O)CCCCCN1CC(=O)NC1=O)c1cc(OCC2CC2)ccc1F.S. The number of hydrogen-bond donors (Lipinski definition) is 1. The molecular formula is C21H31FN2O5S2. The Balaban J connectivity index is 0.00000341. The number of nitrogens with one attached hydrogen (secondary N) is 1. The van der Waals surface area contributed by atoms with Crippen LogP contribution in [0.5, 0.6) is 5.75 Å². The average molecular weight is 475 g/mol. The summed E-state index contributed by atoms with van der Waals surface area (Å²) in [7, 11) is -3.35. The molecule has 10 heteroatoms. The molecule has 1 aliphatic carbocycles. The molecule has 1 saturated heterocycles. The van der Waals surface area contributed by atoms with Gasteiger partial charge in [0.2, 0.25) is 5.91 Å². The minimum Gasteiger partial charge on any atom is -0.493 e. The number of unbranched alkanes of at least 4 members (excludes halogenated alkanes) is 2. The smallest absolute Gasteiger partial charge is 0.324 e. The molecule has 31 heavy (non-hydrogen) atoms. The van der Waals surface area contributed by atoms with Gasteiger partial charge in [-0.05, 0) is 61.3 Å². The van der Waals surface area contributed by atoms with E-state index in [1.54, 1.807) is 19.1 Å². The van der Waals surface area contributed by atoms with E-state index < -0.39 is 27.6 Å². The normalized spacial score (nSPS) is 17.3. The minimum absolute atomic E-state index is 0. The van der Waals surface area contributed by atoms with Gasteiger partial charge in [-0.15, -0.1) is 0 Å². The molecule has 0 bridgehead atoms. The molecule has 7 nitrogen and oxygen atoms in total. The van der Waals surface area contributed by atoms with E-state index in [9.17, 15) is 22.4 Å². The third kappa shape index (κ3) is 7.99. The lowest BCUT2D eigenvalue weighted by Crippen LogP contribution is -2.29. The number of halogens is 1. The topological polar surface area (TPSA) is 92.8 Å². The molecule has 3 amide bonds. The van der Waals surface area contributed by atoms with Gasteiger partial charge in [0.15, 0.2) is 9.84 Å². The summed E-state index contributed by atoms with van der Waals surface area (Å²) in [6.07, 6.45) is 4.04. The summed E-state index contributed by atoms with van der Waals surface area (Å²) in [4.78, 5) is 24.0. The molecule has 0 radical (unpaired) electrons. The molecule has 1 aliphatic heterocycles.